The van der Waals surface area contributed by atoms with E-state index in [1.54, 1.807) is 11.8 Å². The van der Waals surface area contributed by atoms with Crippen molar-refractivity contribution in [2.24, 2.45) is 0 Å². The van der Waals surface area contributed by atoms with Crippen molar-refractivity contribution < 1.29 is 5.11 Å². The van der Waals surface area contributed by atoms with Gasteiger partial charge in [-0.1, -0.05) is 48.2 Å². The minimum absolute atomic E-state index is 0.0792. The fraction of sp³-hybridized carbons (Fsp3) is 0.304. The summed E-state index contributed by atoms with van der Waals surface area (Å²) in [6, 6.07) is 12.7. The molecule has 2 aromatic rings. The van der Waals surface area contributed by atoms with Gasteiger partial charge in [0.15, 0.2) is 0 Å². The van der Waals surface area contributed by atoms with Crippen molar-refractivity contribution >= 4 is 17.4 Å². The summed E-state index contributed by atoms with van der Waals surface area (Å²) in [5.74, 6) is 0. The highest BCUT2D eigenvalue weighted by molar-refractivity contribution is 7.99. The highest BCUT2D eigenvalue weighted by Crippen LogP contribution is 2.44. The maximum atomic E-state index is 9.75. The Morgan fingerprint density at radius 2 is 1.89 bits per heavy atom. The number of hydrogen-bond acceptors (Lipinski definition) is 4. The number of nitrogens with one attached hydrogen (secondary N) is 1. The molecule has 3 rings (SSSR count). The predicted octanol–water partition coefficient (Wildman–Crippen LogP) is 4.71. The second-order valence-corrected chi connectivity index (χ2v) is 7.79. The quantitative estimate of drug-likeness (QED) is 0.394. The van der Waals surface area contributed by atoms with E-state index >= 15 is 0 Å². The summed E-state index contributed by atoms with van der Waals surface area (Å²) in [5.41, 5.74) is 4.86. The van der Waals surface area contributed by atoms with E-state index < -0.39 is 0 Å². The molecular formula is C23H28N2OS. The molecule has 4 heteroatoms. The van der Waals surface area contributed by atoms with E-state index in [9.17, 15) is 5.11 Å². The Morgan fingerprint density at radius 1 is 1.11 bits per heavy atom. The van der Waals surface area contributed by atoms with Gasteiger partial charge in [0.1, 0.15) is 0 Å². The van der Waals surface area contributed by atoms with Gasteiger partial charge in [-0.25, -0.2) is 0 Å². The number of aliphatic hydroxyl groups is 1. The second-order valence-electron chi connectivity index (χ2n) is 6.74. The summed E-state index contributed by atoms with van der Waals surface area (Å²) in [4.78, 5) is 4.83. The van der Waals surface area contributed by atoms with Crippen LogP contribution < -0.4 is 5.32 Å². The van der Waals surface area contributed by atoms with Gasteiger partial charge in [0, 0.05) is 48.1 Å². The van der Waals surface area contributed by atoms with Gasteiger partial charge in [-0.2, -0.15) is 0 Å². The molecule has 2 N–H and O–H groups in total. The van der Waals surface area contributed by atoms with Gasteiger partial charge in [-0.05, 0) is 35.2 Å². The Hall–Kier alpha value is -2.01. The molecule has 0 aromatic heterocycles. The maximum Gasteiger partial charge on any atom is 0.0692 e. The number of hydrogen-bond donors (Lipinski definition) is 2. The van der Waals surface area contributed by atoms with Crippen LogP contribution in [-0.4, -0.2) is 36.2 Å². The van der Waals surface area contributed by atoms with Crippen molar-refractivity contribution in [2.75, 3.05) is 31.5 Å². The lowest BCUT2D eigenvalue weighted by Gasteiger charge is -2.25. The summed E-state index contributed by atoms with van der Waals surface area (Å²) in [6.07, 6.45) is 5.85. The number of benzene rings is 2. The van der Waals surface area contributed by atoms with Gasteiger partial charge in [-0.3, -0.25) is 4.90 Å². The first-order chi connectivity index (χ1) is 13.3. The maximum absolute atomic E-state index is 9.75. The average Bonchev–Trinajstić information content (AvgIpc) is 2.70. The van der Waals surface area contributed by atoms with E-state index in [1.165, 1.54) is 26.6 Å². The van der Waals surface area contributed by atoms with Gasteiger partial charge < -0.3 is 10.4 Å². The average molecular weight is 381 g/mol. The van der Waals surface area contributed by atoms with E-state index in [0.717, 1.165) is 44.6 Å². The van der Waals surface area contributed by atoms with Crippen molar-refractivity contribution in [2.45, 2.75) is 29.2 Å². The predicted molar refractivity (Wildman–Crippen MR) is 116 cm³/mol. The fourth-order valence-corrected chi connectivity index (χ4v) is 4.67. The van der Waals surface area contributed by atoms with Gasteiger partial charge in [0.05, 0.1) is 6.61 Å². The third-order valence-corrected chi connectivity index (χ3v) is 6.14. The van der Waals surface area contributed by atoms with Gasteiger partial charge in [0.25, 0.3) is 0 Å². The van der Waals surface area contributed by atoms with E-state index in [4.69, 9.17) is 0 Å². The monoisotopic (exact) mass is 380 g/mol. The van der Waals surface area contributed by atoms with Crippen LogP contribution in [0.1, 0.15) is 23.1 Å². The van der Waals surface area contributed by atoms with Crippen LogP contribution in [0, 0.1) is 0 Å². The van der Waals surface area contributed by atoms with Gasteiger partial charge in [0.2, 0.25) is 0 Å². The molecule has 0 atom stereocenters. The molecule has 0 saturated carbocycles. The molecule has 142 valence electrons. The third kappa shape index (κ3) is 4.83. The highest BCUT2D eigenvalue weighted by Gasteiger charge is 2.21. The van der Waals surface area contributed by atoms with Crippen LogP contribution in [-0.2, 0) is 13.0 Å². The van der Waals surface area contributed by atoms with Crippen LogP contribution in [0.4, 0.5) is 5.69 Å². The number of rotatable bonds is 10. The zero-order valence-electron chi connectivity index (χ0n) is 15.8. The first-order valence-corrected chi connectivity index (χ1v) is 10.3. The lowest BCUT2D eigenvalue weighted by Crippen LogP contribution is -2.26. The lowest BCUT2D eigenvalue weighted by molar-refractivity contribution is 0.278. The molecule has 0 aliphatic carbocycles. The molecule has 0 unspecified atom stereocenters. The van der Waals surface area contributed by atoms with Crippen LogP contribution in [0.3, 0.4) is 0 Å². The summed E-state index contributed by atoms with van der Waals surface area (Å²) in [7, 11) is 0. The number of anilines is 1. The molecular weight excluding hydrogens is 352 g/mol. The minimum atomic E-state index is 0.0792. The van der Waals surface area contributed by atoms with Crippen LogP contribution in [0.5, 0.6) is 0 Å². The van der Waals surface area contributed by atoms with Crippen LogP contribution in [0.2, 0.25) is 0 Å². The zero-order chi connectivity index (χ0) is 19.1. The first kappa shape index (κ1) is 19.7. The Bertz CT molecular complexity index is 793. The van der Waals surface area contributed by atoms with E-state index in [2.05, 4.69) is 53.7 Å². The molecule has 0 bridgehead atoms. The highest BCUT2D eigenvalue weighted by atomic mass is 32.2. The molecule has 1 heterocycles. The van der Waals surface area contributed by atoms with Crippen molar-refractivity contribution in [3.8, 4) is 0 Å². The molecule has 0 saturated heterocycles. The standard InChI is InChI=1S/C23H28N2OS/c1-3-13-25(14-4-2)15-7-12-24-21-11-10-19(17-26)23-20(21)16-18-8-5-6-9-22(18)27-23/h3-6,8-11,24,26H,1-2,7,12-17H2. The summed E-state index contributed by atoms with van der Waals surface area (Å²) >= 11 is 1.77. The Morgan fingerprint density at radius 3 is 2.63 bits per heavy atom. The SMILES string of the molecule is C=CCN(CC=C)CCCNc1ccc(CO)c2c1Cc1ccccc1S2. The van der Waals surface area contributed by atoms with E-state index in [0.29, 0.717) is 0 Å². The fourth-order valence-electron chi connectivity index (χ4n) is 3.47. The smallest absolute Gasteiger partial charge is 0.0692 e. The Balaban J connectivity index is 1.69. The zero-order valence-corrected chi connectivity index (χ0v) is 16.6. The molecule has 0 radical (unpaired) electrons. The largest absolute Gasteiger partial charge is 0.392 e. The van der Waals surface area contributed by atoms with Crippen molar-refractivity contribution in [1.29, 1.82) is 0 Å². The molecule has 1 aliphatic heterocycles. The number of fused-ring (bicyclic) bond motifs is 2. The van der Waals surface area contributed by atoms with Crippen LogP contribution in [0.15, 0.2) is 71.5 Å². The molecule has 27 heavy (non-hydrogen) atoms. The normalized spacial score (nSPS) is 12.4. The van der Waals surface area contributed by atoms with Gasteiger partial charge in [-0.15, -0.1) is 13.2 Å². The van der Waals surface area contributed by atoms with E-state index in [-0.39, 0.29) is 6.61 Å². The van der Waals surface area contributed by atoms with Crippen molar-refractivity contribution in [1.82, 2.24) is 4.90 Å². The summed E-state index contributed by atoms with van der Waals surface area (Å²) in [6.45, 7) is 11.4. The second kappa shape index (κ2) is 9.79. The molecule has 0 spiro atoms. The molecule has 0 fully saturated rings. The minimum Gasteiger partial charge on any atom is -0.392 e. The van der Waals surface area contributed by atoms with E-state index in [1.807, 2.05) is 18.2 Å². The molecule has 2 aromatic carbocycles. The lowest BCUT2D eigenvalue weighted by atomic mass is 9.99. The van der Waals surface area contributed by atoms with Gasteiger partial charge >= 0.3 is 0 Å². The van der Waals surface area contributed by atoms with Crippen LogP contribution >= 0.6 is 11.8 Å². The van der Waals surface area contributed by atoms with Crippen LogP contribution in [0.25, 0.3) is 0 Å². The third-order valence-electron chi connectivity index (χ3n) is 4.81. The number of aliphatic hydroxyl groups excluding tert-OH is 1. The Labute approximate surface area is 166 Å². The first-order valence-electron chi connectivity index (χ1n) is 9.46. The topological polar surface area (TPSA) is 35.5 Å². The molecule has 0 amide bonds. The molecule has 1 aliphatic rings. The Kier molecular flexibility index (Phi) is 7.16. The summed E-state index contributed by atoms with van der Waals surface area (Å²) < 4.78 is 0. The summed E-state index contributed by atoms with van der Waals surface area (Å²) in [5, 5.41) is 13.4. The van der Waals surface area contributed by atoms with Crippen molar-refractivity contribution in [3.05, 3.63) is 78.4 Å². The number of nitrogens with zero attached hydrogens (tertiary/aromatic N) is 1. The van der Waals surface area contributed by atoms with Crippen molar-refractivity contribution in [3.63, 3.8) is 0 Å². The molecule has 3 nitrogen and oxygen atoms in total.